The van der Waals surface area contributed by atoms with Gasteiger partial charge in [-0.15, -0.1) is 0 Å². The fraction of sp³-hybridized carbons (Fsp3) is 0.375. The van der Waals surface area contributed by atoms with Crippen LogP contribution in [0.5, 0.6) is 0 Å². The number of aromatic carboxylic acids is 1. The van der Waals surface area contributed by atoms with Gasteiger partial charge in [0.1, 0.15) is 11.6 Å². The van der Waals surface area contributed by atoms with Gasteiger partial charge in [0.2, 0.25) is 0 Å². The molecule has 0 saturated carbocycles. The molecule has 0 spiro atoms. The molecule has 5 nitrogen and oxygen atoms in total. The van der Waals surface area contributed by atoms with Gasteiger partial charge in [-0.2, -0.15) is 11.8 Å². The molecule has 0 saturated heterocycles. The number of thioether (sulfide) groups is 1. The zero-order chi connectivity index (χ0) is 10.6. The molecule has 0 aliphatic carbocycles. The predicted molar refractivity (Wildman–Crippen MR) is 55.8 cm³/mol. The lowest BCUT2D eigenvalue weighted by molar-refractivity contribution is 0.0690. The van der Waals surface area contributed by atoms with E-state index in [0.29, 0.717) is 17.4 Å². The van der Waals surface area contributed by atoms with Gasteiger partial charge >= 0.3 is 5.97 Å². The minimum Gasteiger partial charge on any atom is -0.477 e. The van der Waals surface area contributed by atoms with Gasteiger partial charge < -0.3 is 10.4 Å². The quantitative estimate of drug-likeness (QED) is 0.779. The minimum atomic E-state index is -1.04. The van der Waals surface area contributed by atoms with Crippen molar-refractivity contribution in [3.63, 3.8) is 0 Å². The van der Waals surface area contributed by atoms with E-state index in [9.17, 15) is 4.79 Å². The maximum atomic E-state index is 10.7. The average Bonchev–Trinajstić information content (AvgIpc) is 2.17. The maximum Gasteiger partial charge on any atom is 0.354 e. The average molecular weight is 213 g/mol. The molecule has 2 N–H and O–H groups in total. The first-order chi connectivity index (χ1) is 6.67. The lowest BCUT2D eigenvalue weighted by Crippen LogP contribution is -2.07. The van der Waals surface area contributed by atoms with Crippen molar-refractivity contribution in [2.75, 3.05) is 18.6 Å². The summed E-state index contributed by atoms with van der Waals surface area (Å²) in [6, 6.07) is 1.41. The first-order valence-corrected chi connectivity index (χ1v) is 5.34. The van der Waals surface area contributed by atoms with E-state index in [-0.39, 0.29) is 5.69 Å². The van der Waals surface area contributed by atoms with E-state index in [4.69, 9.17) is 5.11 Å². The van der Waals surface area contributed by atoms with E-state index in [1.807, 2.05) is 6.26 Å². The Hall–Kier alpha value is -1.30. The summed E-state index contributed by atoms with van der Waals surface area (Å²) < 4.78 is 0. The van der Waals surface area contributed by atoms with Crippen LogP contribution in [0.2, 0.25) is 0 Å². The minimum absolute atomic E-state index is 0.0217. The molecule has 76 valence electrons. The Morgan fingerprint density at radius 1 is 1.64 bits per heavy atom. The molecule has 14 heavy (non-hydrogen) atoms. The number of rotatable bonds is 4. The molecule has 0 aliphatic rings. The molecule has 1 heterocycles. The van der Waals surface area contributed by atoms with Crippen LogP contribution in [0.3, 0.4) is 0 Å². The second-order valence-electron chi connectivity index (χ2n) is 2.54. The Labute approximate surface area is 86.0 Å². The topological polar surface area (TPSA) is 75.1 Å². The Kier molecular flexibility index (Phi) is 3.70. The Balaban J connectivity index is 3.06. The summed E-state index contributed by atoms with van der Waals surface area (Å²) in [7, 11) is 1.69. The van der Waals surface area contributed by atoms with E-state index in [1.165, 1.54) is 6.07 Å². The highest BCUT2D eigenvalue weighted by Crippen LogP contribution is 2.10. The van der Waals surface area contributed by atoms with Crippen LogP contribution in [0.1, 0.15) is 16.3 Å². The number of carboxylic acids is 1. The highest BCUT2D eigenvalue weighted by atomic mass is 32.2. The Bertz CT molecular complexity index is 343. The van der Waals surface area contributed by atoms with Crippen molar-refractivity contribution in [2.45, 2.75) is 5.75 Å². The number of aromatic nitrogens is 2. The summed E-state index contributed by atoms with van der Waals surface area (Å²) in [5.74, 6) is 0.630. The Morgan fingerprint density at radius 2 is 2.36 bits per heavy atom. The smallest absolute Gasteiger partial charge is 0.354 e. The van der Waals surface area contributed by atoms with Gasteiger partial charge in [0.15, 0.2) is 5.69 Å². The predicted octanol–water partition coefficient (Wildman–Crippen LogP) is 1.08. The highest BCUT2D eigenvalue weighted by Gasteiger charge is 2.08. The third-order valence-corrected chi connectivity index (χ3v) is 2.07. The van der Waals surface area contributed by atoms with Gasteiger partial charge in [0, 0.05) is 13.1 Å². The zero-order valence-corrected chi connectivity index (χ0v) is 8.76. The van der Waals surface area contributed by atoms with Gasteiger partial charge in [-0.1, -0.05) is 0 Å². The molecule has 0 aliphatic heterocycles. The van der Waals surface area contributed by atoms with Gasteiger partial charge in [0.05, 0.1) is 5.75 Å². The van der Waals surface area contributed by atoms with E-state index in [0.717, 1.165) is 0 Å². The summed E-state index contributed by atoms with van der Waals surface area (Å²) >= 11 is 1.55. The van der Waals surface area contributed by atoms with Gasteiger partial charge in [-0.25, -0.2) is 14.8 Å². The fourth-order valence-corrected chi connectivity index (χ4v) is 1.32. The lowest BCUT2D eigenvalue weighted by atomic mass is 10.4. The summed E-state index contributed by atoms with van der Waals surface area (Å²) in [5, 5.41) is 11.6. The number of nitrogens with zero attached hydrogens (tertiary/aromatic N) is 2. The van der Waals surface area contributed by atoms with Crippen LogP contribution in [-0.4, -0.2) is 34.3 Å². The van der Waals surface area contributed by atoms with Crippen LogP contribution in [0.4, 0.5) is 5.82 Å². The van der Waals surface area contributed by atoms with Crippen LogP contribution in [-0.2, 0) is 5.75 Å². The summed E-state index contributed by atoms with van der Waals surface area (Å²) in [4.78, 5) is 18.7. The summed E-state index contributed by atoms with van der Waals surface area (Å²) in [6.45, 7) is 0. The lowest BCUT2D eigenvalue weighted by Gasteiger charge is -2.03. The zero-order valence-electron chi connectivity index (χ0n) is 7.94. The fourth-order valence-electron chi connectivity index (χ4n) is 0.928. The number of carbonyl (C=O) groups is 1. The van der Waals surface area contributed by atoms with Crippen molar-refractivity contribution < 1.29 is 9.90 Å². The third-order valence-electron chi connectivity index (χ3n) is 1.52. The molecule has 0 bridgehead atoms. The first-order valence-electron chi connectivity index (χ1n) is 3.95. The third kappa shape index (κ3) is 2.59. The van der Waals surface area contributed by atoms with Crippen LogP contribution in [0.15, 0.2) is 6.07 Å². The number of nitrogens with one attached hydrogen (secondary N) is 1. The number of anilines is 1. The summed E-state index contributed by atoms with van der Waals surface area (Å²) in [5.41, 5.74) is 0.0217. The Morgan fingerprint density at radius 3 is 2.86 bits per heavy atom. The monoisotopic (exact) mass is 213 g/mol. The molecule has 0 radical (unpaired) electrons. The largest absolute Gasteiger partial charge is 0.477 e. The van der Waals surface area contributed by atoms with Crippen molar-refractivity contribution in [3.8, 4) is 0 Å². The van der Waals surface area contributed by atoms with E-state index in [1.54, 1.807) is 18.8 Å². The van der Waals surface area contributed by atoms with Gasteiger partial charge in [-0.05, 0) is 6.26 Å². The van der Waals surface area contributed by atoms with Crippen LogP contribution in [0, 0.1) is 0 Å². The second-order valence-corrected chi connectivity index (χ2v) is 3.41. The molecule has 1 aromatic heterocycles. The molecule has 0 atom stereocenters. The summed E-state index contributed by atoms with van der Waals surface area (Å²) in [6.07, 6.45) is 1.91. The van der Waals surface area contributed by atoms with Crippen molar-refractivity contribution in [3.05, 3.63) is 17.6 Å². The maximum absolute atomic E-state index is 10.7. The van der Waals surface area contributed by atoms with Gasteiger partial charge in [0.25, 0.3) is 0 Å². The number of carboxylic acid groups (broad SMARTS) is 1. The standard InChI is InChI=1S/C8H11N3O2S/c1-9-6-3-5(8(12)13)10-7(11-6)4-14-2/h3H,4H2,1-2H3,(H,12,13)(H,9,10,11). The number of hydrogen-bond acceptors (Lipinski definition) is 5. The van der Waals surface area contributed by atoms with E-state index < -0.39 is 5.97 Å². The van der Waals surface area contributed by atoms with Crippen molar-refractivity contribution in [2.24, 2.45) is 0 Å². The molecule has 0 unspecified atom stereocenters. The molecule has 1 aromatic rings. The first kappa shape index (κ1) is 10.8. The second kappa shape index (κ2) is 4.80. The van der Waals surface area contributed by atoms with Crippen LogP contribution >= 0.6 is 11.8 Å². The van der Waals surface area contributed by atoms with Crippen LogP contribution < -0.4 is 5.32 Å². The molecule has 0 fully saturated rings. The SMILES string of the molecule is CNc1cc(C(=O)O)nc(CSC)n1. The molecule has 6 heteroatoms. The normalized spacial score (nSPS) is 9.86. The van der Waals surface area contributed by atoms with Crippen molar-refractivity contribution in [1.82, 2.24) is 9.97 Å². The molecular weight excluding hydrogens is 202 g/mol. The number of hydrogen-bond donors (Lipinski definition) is 2. The van der Waals surface area contributed by atoms with Crippen molar-refractivity contribution in [1.29, 1.82) is 0 Å². The molecular formula is C8H11N3O2S. The van der Waals surface area contributed by atoms with E-state index in [2.05, 4.69) is 15.3 Å². The van der Waals surface area contributed by atoms with E-state index >= 15 is 0 Å². The van der Waals surface area contributed by atoms with Gasteiger partial charge in [-0.3, -0.25) is 0 Å². The van der Waals surface area contributed by atoms with Crippen molar-refractivity contribution >= 4 is 23.5 Å². The van der Waals surface area contributed by atoms with Crippen LogP contribution in [0.25, 0.3) is 0 Å². The molecule has 0 amide bonds. The molecule has 1 rings (SSSR count). The highest BCUT2D eigenvalue weighted by molar-refractivity contribution is 7.97. The molecule has 0 aromatic carbocycles.